The fourth-order valence-corrected chi connectivity index (χ4v) is 2.99. The van der Waals surface area contributed by atoms with Crippen LogP contribution in [-0.4, -0.2) is 35.0 Å². The van der Waals surface area contributed by atoms with Gasteiger partial charge in [-0.2, -0.15) is 0 Å². The minimum absolute atomic E-state index is 0.00553. The van der Waals surface area contributed by atoms with Crippen molar-refractivity contribution in [3.63, 3.8) is 0 Å². The van der Waals surface area contributed by atoms with E-state index in [4.69, 9.17) is 11.5 Å². The number of carbonyl (C=O) groups excluding carboxylic acids is 1. The van der Waals surface area contributed by atoms with Gasteiger partial charge >= 0.3 is 0 Å². The molecule has 1 amide bonds. The Kier molecular flexibility index (Phi) is 5.59. The van der Waals surface area contributed by atoms with Gasteiger partial charge in [0.15, 0.2) is 23.3 Å². The molecule has 150 valence electrons. The van der Waals surface area contributed by atoms with Crippen molar-refractivity contribution < 1.29 is 13.6 Å². The summed E-state index contributed by atoms with van der Waals surface area (Å²) in [6, 6.07) is 1.81. The van der Waals surface area contributed by atoms with Gasteiger partial charge in [-0.15, -0.1) is 0 Å². The highest BCUT2D eigenvalue weighted by Gasteiger charge is 2.34. The Morgan fingerprint density at radius 1 is 1.21 bits per heavy atom. The lowest BCUT2D eigenvalue weighted by atomic mass is 10.1. The Bertz CT molecular complexity index is 884. The number of nitrogens with two attached hydrogens (primary N) is 2. The first kappa shape index (κ1) is 19.7. The smallest absolute Gasteiger partial charge is 0.252 e. The standard InChI is InChI=1S/C18H23F2N7O/c1-8(21)14(9-3-4-9)26-18-13(20)6-11(15(22)28)16(27-18)25-10-5-12(19)17(23-2)24-7-10/h5-9,14H,3-4,21H2,1-2H3,(H2,22,28)(H,23,24)(H2,25,26,27)/t8-,14-/m0/s1. The van der Waals surface area contributed by atoms with Gasteiger partial charge in [0.25, 0.3) is 5.91 Å². The van der Waals surface area contributed by atoms with Crippen LogP contribution in [0.5, 0.6) is 0 Å². The van der Waals surface area contributed by atoms with E-state index in [-0.39, 0.29) is 40.8 Å². The van der Waals surface area contributed by atoms with E-state index in [9.17, 15) is 13.6 Å². The molecule has 0 radical (unpaired) electrons. The SMILES string of the molecule is CNc1ncc(Nc2nc(N[C@H](C3CC3)[C@H](C)N)c(F)cc2C(N)=O)cc1F. The van der Waals surface area contributed by atoms with Crippen LogP contribution in [-0.2, 0) is 0 Å². The second kappa shape index (κ2) is 7.93. The lowest BCUT2D eigenvalue weighted by Crippen LogP contribution is -2.40. The number of rotatable bonds is 8. The number of nitrogens with one attached hydrogen (secondary N) is 3. The molecule has 10 heteroatoms. The number of anilines is 4. The van der Waals surface area contributed by atoms with Gasteiger partial charge in [-0.25, -0.2) is 18.7 Å². The number of pyridine rings is 2. The second-order valence-corrected chi connectivity index (χ2v) is 6.88. The van der Waals surface area contributed by atoms with Crippen LogP contribution < -0.4 is 27.4 Å². The van der Waals surface area contributed by atoms with E-state index in [1.54, 1.807) is 0 Å². The summed E-state index contributed by atoms with van der Waals surface area (Å²) in [5.74, 6) is -1.83. The van der Waals surface area contributed by atoms with Crippen LogP contribution >= 0.6 is 0 Å². The molecule has 8 nitrogen and oxygen atoms in total. The van der Waals surface area contributed by atoms with Gasteiger partial charge in [0.2, 0.25) is 0 Å². The third-order valence-corrected chi connectivity index (χ3v) is 4.58. The maximum Gasteiger partial charge on any atom is 0.252 e. The van der Waals surface area contributed by atoms with Gasteiger partial charge in [-0.1, -0.05) is 0 Å². The number of amides is 1. The van der Waals surface area contributed by atoms with Crippen molar-refractivity contribution in [1.29, 1.82) is 0 Å². The van der Waals surface area contributed by atoms with Gasteiger partial charge in [0, 0.05) is 25.2 Å². The summed E-state index contributed by atoms with van der Waals surface area (Å²) >= 11 is 0. The summed E-state index contributed by atoms with van der Waals surface area (Å²) in [7, 11) is 1.54. The Morgan fingerprint density at radius 2 is 1.89 bits per heavy atom. The molecule has 28 heavy (non-hydrogen) atoms. The van der Waals surface area contributed by atoms with Crippen molar-refractivity contribution in [2.75, 3.05) is 23.0 Å². The van der Waals surface area contributed by atoms with Gasteiger partial charge in [-0.05, 0) is 31.7 Å². The van der Waals surface area contributed by atoms with E-state index in [0.717, 1.165) is 18.9 Å². The molecule has 1 aliphatic rings. The van der Waals surface area contributed by atoms with E-state index >= 15 is 0 Å². The van der Waals surface area contributed by atoms with Crippen LogP contribution in [0.4, 0.5) is 31.9 Å². The molecule has 7 N–H and O–H groups in total. The molecule has 0 bridgehead atoms. The number of nitrogens with zero attached hydrogens (tertiary/aromatic N) is 2. The zero-order valence-electron chi connectivity index (χ0n) is 15.6. The largest absolute Gasteiger partial charge is 0.371 e. The lowest BCUT2D eigenvalue weighted by molar-refractivity contribution is 0.100. The zero-order valence-corrected chi connectivity index (χ0v) is 15.6. The molecule has 0 spiro atoms. The molecule has 1 fully saturated rings. The normalized spacial score (nSPS) is 15.6. The number of hydrogen-bond donors (Lipinski definition) is 5. The van der Waals surface area contributed by atoms with Gasteiger partial charge in [0.05, 0.1) is 17.4 Å². The molecule has 2 aromatic heterocycles. The second-order valence-electron chi connectivity index (χ2n) is 6.88. The van der Waals surface area contributed by atoms with Gasteiger partial charge in [0.1, 0.15) is 5.82 Å². The molecular formula is C18H23F2N7O. The van der Waals surface area contributed by atoms with Crippen LogP contribution in [0, 0.1) is 17.6 Å². The van der Waals surface area contributed by atoms with Crippen LogP contribution in [0.25, 0.3) is 0 Å². The average molecular weight is 391 g/mol. The van der Waals surface area contributed by atoms with E-state index < -0.39 is 17.5 Å². The first-order valence-electron chi connectivity index (χ1n) is 8.93. The maximum absolute atomic E-state index is 14.5. The van der Waals surface area contributed by atoms with Crippen LogP contribution in [0.3, 0.4) is 0 Å². The first-order chi connectivity index (χ1) is 13.3. The molecule has 2 atom stereocenters. The van der Waals surface area contributed by atoms with E-state index in [1.165, 1.54) is 19.3 Å². The summed E-state index contributed by atoms with van der Waals surface area (Å²) in [5.41, 5.74) is 11.4. The van der Waals surface area contributed by atoms with Gasteiger partial charge in [-0.3, -0.25) is 4.79 Å². The van der Waals surface area contributed by atoms with Crippen molar-refractivity contribution in [2.45, 2.75) is 31.8 Å². The van der Waals surface area contributed by atoms with Gasteiger partial charge < -0.3 is 27.4 Å². The summed E-state index contributed by atoms with van der Waals surface area (Å²) in [6.45, 7) is 1.84. The number of aromatic nitrogens is 2. The molecule has 3 rings (SSSR count). The quantitative estimate of drug-likeness (QED) is 0.466. The van der Waals surface area contributed by atoms with E-state index in [1.807, 2.05) is 6.92 Å². The monoisotopic (exact) mass is 391 g/mol. The predicted octanol–water partition coefficient (Wildman–Crippen LogP) is 2.18. The summed E-state index contributed by atoms with van der Waals surface area (Å²) in [4.78, 5) is 19.8. The minimum atomic E-state index is -0.869. The van der Waals surface area contributed by atoms with Crippen molar-refractivity contribution in [2.24, 2.45) is 17.4 Å². The topological polar surface area (TPSA) is 131 Å². The maximum atomic E-state index is 14.5. The lowest BCUT2D eigenvalue weighted by Gasteiger charge is -2.23. The highest BCUT2D eigenvalue weighted by Crippen LogP contribution is 2.36. The summed E-state index contributed by atoms with van der Waals surface area (Å²) in [5, 5.41) is 8.41. The van der Waals surface area contributed by atoms with E-state index in [2.05, 4.69) is 25.9 Å². The Morgan fingerprint density at radius 3 is 2.43 bits per heavy atom. The third-order valence-electron chi connectivity index (χ3n) is 4.58. The molecular weight excluding hydrogens is 368 g/mol. The van der Waals surface area contributed by atoms with Crippen LogP contribution in [0.2, 0.25) is 0 Å². The molecule has 0 aromatic carbocycles. The first-order valence-corrected chi connectivity index (χ1v) is 8.93. The van der Waals surface area contributed by atoms with Crippen molar-refractivity contribution in [3.8, 4) is 0 Å². The summed E-state index contributed by atoms with van der Waals surface area (Å²) < 4.78 is 28.5. The van der Waals surface area contributed by atoms with Crippen LogP contribution in [0.1, 0.15) is 30.1 Å². The predicted molar refractivity (Wildman–Crippen MR) is 104 cm³/mol. The van der Waals surface area contributed by atoms with Crippen molar-refractivity contribution >= 4 is 29.0 Å². The Labute approximate surface area is 161 Å². The minimum Gasteiger partial charge on any atom is -0.371 e. The Hall–Kier alpha value is -3.01. The fraction of sp³-hybridized carbons (Fsp3) is 0.389. The van der Waals surface area contributed by atoms with Crippen molar-refractivity contribution in [1.82, 2.24) is 9.97 Å². The number of hydrogen-bond acceptors (Lipinski definition) is 7. The van der Waals surface area contributed by atoms with Crippen LogP contribution in [0.15, 0.2) is 18.3 Å². The van der Waals surface area contributed by atoms with Crippen molar-refractivity contribution in [3.05, 3.63) is 35.5 Å². The summed E-state index contributed by atoms with van der Waals surface area (Å²) in [6.07, 6.45) is 3.37. The van der Waals surface area contributed by atoms with E-state index in [0.29, 0.717) is 5.92 Å². The Balaban J connectivity index is 1.94. The molecule has 2 aromatic rings. The molecule has 2 heterocycles. The highest BCUT2D eigenvalue weighted by atomic mass is 19.1. The molecule has 0 unspecified atom stereocenters. The number of halogens is 2. The molecule has 1 saturated carbocycles. The highest BCUT2D eigenvalue weighted by molar-refractivity contribution is 5.98. The fourth-order valence-electron chi connectivity index (χ4n) is 2.99. The molecule has 1 aliphatic carbocycles. The zero-order chi connectivity index (χ0) is 20.4. The number of carbonyl (C=O) groups is 1. The molecule has 0 aliphatic heterocycles. The number of primary amides is 1. The third kappa shape index (κ3) is 4.28. The molecule has 0 saturated heterocycles. The average Bonchev–Trinajstić information content (AvgIpc) is 3.46.